The van der Waals surface area contributed by atoms with Gasteiger partial charge in [0.05, 0.1) is 0 Å². The van der Waals surface area contributed by atoms with Crippen LogP contribution in [0.15, 0.2) is 18.2 Å². The number of hydrogen-bond donors (Lipinski definition) is 1. The van der Waals surface area contributed by atoms with E-state index in [-0.39, 0.29) is 10.5 Å². The van der Waals surface area contributed by atoms with Crippen LogP contribution in [-0.2, 0) is 0 Å². The summed E-state index contributed by atoms with van der Waals surface area (Å²) in [6.45, 7) is 0. The van der Waals surface area contributed by atoms with Crippen molar-refractivity contribution < 1.29 is 14.4 Å². The molecule has 0 aliphatic heterocycles. The summed E-state index contributed by atoms with van der Waals surface area (Å²) in [4.78, 5) is 0. The maximum absolute atomic E-state index is 12.7. The number of hydrogen-bond acceptors (Lipinski definition) is 2. The number of halogens is 2. The van der Waals surface area contributed by atoms with Crippen LogP contribution in [0.25, 0.3) is 0 Å². The summed E-state index contributed by atoms with van der Waals surface area (Å²) in [6, 6.07) is 3.49. The van der Waals surface area contributed by atoms with Crippen molar-refractivity contribution in [1.29, 1.82) is 0 Å². The van der Waals surface area contributed by atoms with Gasteiger partial charge in [0.25, 0.3) is 0 Å². The molecule has 0 amide bonds. The van der Waals surface area contributed by atoms with Crippen LogP contribution in [0.3, 0.4) is 0 Å². The van der Waals surface area contributed by atoms with Crippen LogP contribution in [0.4, 0.5) is 4.39 Å². The Morgan fingerprint density at radius 3 is 2.64 bits per heavy atom. The second-order valence-corrected chi connectivity index (χ2v) is 2.45. The summed E-state index contributed by atoms with van der Waals surface area (Å²) < 4.78 is 12.7. The minimum absolute atomic E-state index is 0.201. The Morgan fingerprint density at radius 1 is 1.55 bits per heavy atom. The maximum Gasteiger partial charge on any atom is 0.216 e. The van der Waals surface area contributed by atoms with Gasteiger partial charge in [0.15, 0.2) is 0 Å². The number of rotatable bonds is 1. The normalized spacial score (nSPS) is 9.82. The molecule has 0 atom stereocenters. The molecule has 0 fully saturated rings. The Bertz CT molecular complexity index is 267. The van der Waals surface area contributed by atoms with E-state index in [9.17, 15) is 9.41 Å². The van der Waals surface area contributed by atoms with Crippen LogP contribution >= 0.6 is 11.6 Å². The zero-order chi connectivity index (χ0) is 8.43. The quantitative estimate of drug-likeness (QED) is 0.583. The fourth-order valence-electron chi connectivity index (χ4n) is 0.702. The third kappa shape index (κ3) is 1.93. The molecular formula is C6H4BClFO2-. The highest BCUT2D eigenvalue weighted by molar-refractivity contribution is 6.57. The van der Waals surface area contributed by atoms with E-state index in [1.54, 1.807) is 0 Å². The van der Waals surface area contributed by atoms with Gasteiger partial charge in [-0.05, 0) is 17.6 Å². The Balaban J connectivity index is 3.09. The summed E-state index contributed by atoms with van der Waals surface area (Å²) in [6.07, 6.45) is 0. The Morgan fingerprint density at radius 2 is 2.18 bits per heavy atom. The Kier molecular flexibility index (Phi) is 2.49. The molecule has 0 saturated carbocycles. The van der Waals surface area contributed by atoms with Crippen LogP contribution in [0.1, 0.15) is 0 Å². The van der Waals surface area contributed by atoms with Crippen LogP contribution in [0.5, 0.6) is 0 Å². The first-order chi connectivity index (χ1) is 5.11. The minimum atomic E-state index is -2.03. The monoisotopic (exact) mass is 173 g/mol. The summed E-state index contributed by atoms with van der Waals surface area (Å²) in [5.41, 5.74) is -0.283. The van der Waals surface area contributed by atoms with Crippen molar-refractivity contribution >= 4 is 24.2 Å². The summed E-state index contributed by atoms with van der Waals surface area (Å²) in [5.74, 6) is -0.778. The highest BCUT2D eigenvalue weighted by atomic mass is 35.5. The molecule has 2 nitrogen and oxygen atoms in total. The molecule has 1 N–H and O–H groups in total. The molecule has 0 aromatic heterocycles. The van der Waals surface area contributed by atoms with Crippen molar-refractivity contribution in [3.63, 3.8) is 0 Å². The van der Waals surface area contributed by atoms with Crippen LogP contribution < -0.4 is 10.5 Å². The van der Waals surface area contributed by atoms with E-state index in [0.717, 1.165) is 12.1 Å². The first-order valence-corrected chi connectivity index (χ1v) is 3.28. The van der Waals surface area contributed by atoms with E-state index in [1.165, 1.54) is 6.07 Å². The lowest BCUT2D eigenvalue weighted by Gasteiger charge is -2.11. The van der Waals surface area contributed by atoms with Crippen molar-refractivity contribution in [2.24, 2.45) is 0 Å². The third-order valence-corrected chi connectivity index (χ3v) is 1.46. The average Bonchev–Trinajstić information content (AvgIpc) is 1.85. The lowest BCUT2D eigenvalue weighted by Crippen LogP contribution is -2.45. The van der Waals surface area contributed by atoms with E-state index in [0.29, 0.717) is 0 Å². The second kappa shape index (κ2) is 3.22. The summed E-state index contributed by atoms with van der Waals surface area (Å²) >= 11 is 5.40. The molecule has 0 heterocycles. The molecule has 1 rings (SSSR count). The van der Waals surface area contributed by atoms with E-state index >= 15 is 0 Å². The first kappa shape index (κ1) is 8.52. The molecule has 1 aromatic carbocycles. The highest BCUT2D eigenvalue weighted by Gasteiger charge is 2.05. The predicted molar refractivity (Wildman–Crippen MR) is 39.0 cm³/mol. The molecule has 0 aliphatic rings. The van der Waals surface area contributed by atoms with Crippen molar-refractivity contribution in [1.82, 2.24) is 0 Å². The van der Waals surface area contributed by atoms with E-state index in [4.69, 9.17) is 16.6 Å². The van der Waals surface area contributed by atoms with Gasteiger partial charge < -0.3 is 10.0 Å². The third-order valence-electron chi connectivity index (χ3n) is 1.23. The largest absolute Gasteiger partial charge is 0.853 e. The fourth-order valence-corrected chi connectivity index (χ4v) is 0.861. The van der Waals surface area contributed by atoms with Gasteiger partial charge in [-0.25, -0.2) is 4.39 Å². The van der Waals surface area contributed by atoms with Gasteiger partial charge in [0, 0.05) is 5.02 Å². The molecule has 0 radical (unpaired) electrons. The second-order valence-electron chi connectivity index (χ2n) is 2.02. The van der Waals surface area contributed by atoms with Gasteiger partial charge >= 0.3 is 0 Å². The molecule has 5 heteroatoms. The van der Waals surface area contributed by atoms with E-state index in [1.807, 2.05) is 0 Å². The SMILES string of the molecule is [O-]B(O)c1ccc(Cl)cc1F. The number of benzene rings is 1. The van der Waals surface area contributed by atoms with Crippen molar-refractivity contribution in [3.05, 3.63) is 29.0 Å². The summed E-state index contributed by atoms with van der Waals surface area (Å²) in [7, 11) is -2.03. The average molecular weight is 173 g/mol. The van der Waals surface area contributed by atoms with Crippen LogP contribution in [0, 0.1) is 5.82 Å². The fraction of sp³-hybridized carbons (Fsp3) is 0. The zero-order valence-corrected chi connectivity index (χ0v) is 6.18. The van der Waals surface area contributed by atoms with E-state index in [2.05, 4.69) is 0 Å². The highest BCUT2D eigenvalue weighted by Crippen LogP contribution is 2.07. The molecule has 0 saturated heterocycles. The van der Waals surface area contributed by atoms with Crippen LogP contribution in [0.2, 0.25) is 5.02 Å². The zero-order valence-electron chi connectivity index (χ0n) is 5.42. The van der Waals surface area contributed by atoms with Crippen molar-refractivity contribution in [2.75, 3.05) is 0 Å². The first-order valence-electron chi connectivity index (χ1n) is 2.90. The molecule has 0 bridgehead atoms. The van der Waals surface area contributed by atoms with Crippen molar-refractivity contribution in [3.8, 4) is 0 Å². The van der Waals surface area contributed by atoms with E-state index < -0.39 is 12.9 Å². The maximum atomic E-state index is 12.7. The molecule has 58 valence electrons. The van der Waals surface area contributed by atoms with Gasteiger partial charge in [-0.2, -0.15) is 0 Å². The Hall–Kier alpha value is -0.575. The standard InChI is InChI=1S/C6H4BClFO2/c8-4-1-2-5(7(10)11)6(9)3-4/h1-3,10H/q-1. The predicted octanol–water partition coefficient (Wildman–Crippen LogP) is -0.473. The molecule has 0 unspecified atom stereocenters. The molecule has 0 aliphatic carbocycles. The molecular weight excluding hydrogens is 169 g/mol. The molecule has 11 heavy (non-hydrogen) atoms. The lowest BCUT2D eigenvalue weighted by molar-refractivity contribution is -0.211. The van der Waals surface area contributed by atoms with Gasteiger partial charge in [0.1, 0.15) is 5.82 Å². The Labute approximate surface area is 68.4 Å². The van der Waals surface area contributed by atoms with Gasteiger partial charge in [-0.15, -0.1) is 0 Å². The summed E-state index contributed by atoms with van der Waals surface area (Å²) in [5, 5.41) is 19.0. The van der Waals surface area contributed by atoms with Gasteiger partial charge in [-0.3, -0.25) is 0 Å². The molecule has 0 spiro atoms. The smallest absolute Gasteiger partial charge is 0.216 e. The van der Waals surface area contributed by atoms with Gasteiger partial charge in [-0.1, -0.05) is 17.7 Å². The molecule has 1 aromatic rings. The van der Waals surface area contributed by atoms with Gasteiger partial charge in [0.2, 0.25) is 7.12 Å². The van der Waals surface area contributed by atoms with Crippen molar-refractivity contribution in [2.45, 2.75) is 0 Å². The minimum Gasteiger partial charge on any atom is -0.853 e. The lowest BCUT2D eigenvalue weighted by atomic mass is 9.80. The van der Waals surface area contributed by atoms with Crippen LogP contribution in [-0.4, -0.2) is 12.1 Å². The topological polar surface area (TPSA) is 43.3 Å².